The number of nitriles is 1. The third kappa shape index (κ3) is 3.45. The van der Waals surface area contributed by atoms with Gasteiger partial charge >= 0.3 is 6.09 Å². The van der Waals surface area contributed by atoms with Crippen molar-refractivity contribution in [3.63, 3.8) is 0 Å². The van der Waals surface area contributed by atoms with E-state index in [1.54, 1.807) is 7.11 Å². The van der Waals surface area contributed by atoms with Crippen molar-refractivity contribution < 1.29 is 14.3 Å². The Morgan fingerprint density at radius 2 is 2.10 bits per heavy atom. The van der Waals surface area contributed by atoms with Gasteiger partial charge < -0.3 is 20.1 Å². The molecule has 0 unspecified atom stereocenters. The summed E-state index contributed by atoms with van der Waals surface area (Å²) >= 11 is 3.37. The van der Waals surface area contributed by atoms with Crippen molar-refractivity contribution >= 4 is 28.0 Å². The second-order valence-corrected chi connectivity index (χ2v) is 8.58. The zero-order valence-electron chi connectivity index (χ0n) is 16.8. The van der Waals surface area contributed by atoms with Gasteiger partial charge in [-0.15, -0.1) is 0 Å². The molecule has 30 heavy (non-hydrogen) atoms. The van der Waals surface area contributed by atoms with Crippen LogP contribution in [0.25, 0.3) is 0 Å². The molecule has 1 aliphatic heterocycles. The Hall–Kier alpha value is -2.86. The summed E-state index contributed by atoms with van der Waals surface area (Å²) in [5, 5.41) is 9.34. The molecule has 2 N–H and O–H groups in total. The highest BCUT2D eigenvalue weighted by atomic mass is 79.9. The highest BCUT2D eigenvalue weighted by Crippen LogP contribution is 2.54. The van der Waals surface area contributed by atoms with Crippen LogP contribution in [0.2, 0.25) is 0 Å². The number of carbonyl (C=O) groups is 1. The molecule has 0 radical (unpaired) electrons. The third-order valence-electron chi connectivity index (χ3n) is 6.12. The van der Waals surface area contributed by atoms with Gasteiger partial charge in [-0.25, -0.2) is 14.8 Å². The standard InChI is InChI=1S/C21H22BrN5O3/c1-12-17(22)16(11-23)26-20(25-12)27-7-5-21(6-8-27)10-13-3-4-14(29-2)9-15(13)18(21)30-19(24)28/h3-4,9,18H,5-8,10H2,1-2H3,(H2,24,28)/t18-/m1/s1. The van der Waals surface area contributed by atoms with Gasteiger partial charge in [0.05, 0.1) is 17.3 Å². The molecule has 2 aromatic rings. The summed E-state index contributed by atoms with van der Waals surface area (Å²) in [5.41, 5.74) is 8.35. The Morgan fingerprint density at radius 1 is 1.37 bits per heavy atom. The summed E-state index contributed by atoms with van der Waals surface area (Å²) in [6.45, 7) is 3.23. The number of benzene rings is 1. The van der Waals surface area contributed by atoms with Crippen LogP contribution in [0.4, 0.5) is 10.7 Å². The number of nitrogens with zero attached hydrogens (tertiary/aromatic N) is 4. The van der Waals surface area contributed by atoms with Crippen molar-refractivity contribution in [2.45, 2.75) is 32.3 Å². The highest BCUT2D eigenvalue weighted by molar-refractivity contribution is 9.10. The van der Waals surface area contributed by atoms with Gasteiger partial charge in [-0.2, -0.15) is 5.26 Å². The zero-order valence-corrected chi connectivity index (χ0v) is 18.4. The number of aromatic nitrogens is 2. The van der Waals surface area contributed by atoms with E-state index in [1.807, 2.05) is 25.1 Å². The summed E-state index contributed by atoms with van der Waals surface area (Å²) in [4.78, 5) is 22.7. The predicted molar refractivity (Wildman–Crippen MR) is 113 cm³/mol. The van der Waals surface area contributed by atoms with E-state index in [4.69, 9.17) is 15.2 Å². The first-order chi connectivity index (χ1) is 14.4. The number of hydrogen-bond acceptors (Lipinski definition) is 7. The van der Waals surface area contributed by atoms with Crippen LogP contribution in [0, 0.1) is 23.7 Å². The molecule has 1 atom stereocenters. The van der Waals surface area contributed by atoms with Crippen LogP contribution in [0.1, 0.15) is 41.5 Å². The van der Waals surface area contributed by atoms with E-state index >= 15 is 0 Å². The average Bonchev–Trinajstić information content (AvgIpc) is 3.02. The largest absolute Gasteiger partial charge is 0.497 e. The summed E-state index contributed by atoms with van der Waals surface area (Å²) in [5.74, 6) is 1.27. The number of carbonyl (C=O) groups excluding carboxylic acids is 1. The lowest BCUT2D eigenvalue weighted by atomic mass is 9.74. The van der Waals surface area contributed by atoms with Crippen LogP contribution >= 0.6 is 15.9 Å². The van der Waals surface area contributed by atoms with Gasteiger partial charge in [-0.05, 0) is 65.4 Å². The predicted octanol–water partition coefficient (Wildman–Crippen LogP) is 3.41. The molecule has 1 aromatic carbocycles. The molecule has 9 heteroatoms. The molecule has 1 aromatic heterocycles. The second-order valence-electron chi connectivity index (χ2n) is 7.79. The Morgan fingerprint density at radius 3 is 2.73 bits per heavy atom. The fourth-order valence-electron chi connectivity index (χ4n) is 4.56. The van der Waals surface area contributed by atoms with Crippen LogP contribution in [0.5, 0.6) is 5.75 Å². The Bertz CT molecular complexity index is 1040. The van der Waals surface area contributed by atoms with Gasteiger partial charge in [0.1, 0.15) is 17.9 Å². The lowest BCUT2D eigenvalue weighted by molar-refractivity contribution is 0.00402. The maximum absolute atomic E-state index is 11.7. The van der Waals surface area contributed by atoms with Crippen molar-refractivity contribution in [3.8, 4) is 11.8 Å². The number of nitrogens with two attached hydrogens (primary N) is 1. The van der Waals surface area contributed by atoms with Gasteiger partial charge in [0.25, 0.3) is 0 Å². The number of anilines is 1. The quantitative estimate of drug-likeness (QED) is 0.728. The number of halogens is 1. The average molecular weight is 472 g/mol. The second kappa shape index (κ2) is 7.76. The summed E-state index contributed by atoms with van der Waals surface area (Å²) in [7, 11) is 1.62. The number of primary amides is 1. The van der Waals surface area contributed by atoms with E-state index in [0.717, 1.165) is 41.8 Å². The van der Waals surface area contributed by atoms with Gasteiger partial charge in [-0.1, -0.05) is 6.07 Å². The molecule has 0 saturated carbocycles. The number of rotatable bonds is 3. The fourth-order valence-corrected chi connectivity index (χ4v) is 4.83. The molecule has 1 aliphatic carbocycles. The summed E-state index contributed by atoms with van der Waals surface area (Å²) < 4.78 is 11.6. The first-order valence-electron chi connectivity index (χ1n) is 9.69. The zero-order chi connectivity index (χ0) is 21.5. The minimum Gasteiger partial charge on any atom is -0.497 e. The SMILES string of the molecule is COc1ccc2c(c1)[C@@H](OC(N)=O)C1(CCN(c3nc(C)c(Br)c(C#N)n3)CC1)C2. The number of hydrogen-bond donors (Lipinski definition) is 1. The first-order valence-corrected chi connectivity index (χ1v) is 10.5. The van der Waals surface area contributed by atoms with E-state index < -0.39 is 12.2 Å². The maximum Gasteiger partial charge on any atom is 0.405 e. The molecule has 0 bridgehead atoms. The van der Waals surface area contributed by atoms with Gasteiger partial charge in [0.15, 0.2) is 5.69 Å². The fraction of sp³-hybridized carbons (Fsp3) is 0.429. The molecule has 4 rings (SSSR count). The van der Waals surface area contributed by atoms with Gasteiger partial charge in [-0.3, -0.25) is 0 Å². The summed E-state index contributed by atoms with van der Waals surface area (Å²) in [6, 6.07) is 8.00. The van der Waals surface area contributed by atoms with E-state index in [0.29, 0.717) is 29.2 Å². The molecule has 8 nitrogen and oxygen atoms in total. The molecule has 156 valence electrons. The molecular formula is C21H22BrN5O3. The Balaban J connectivity index is 1.60. The molecule has 1 amide bonds. The highest BCUT2D eigenvalue weighted by Gasteiger charge is 2.50. The number of piperidine rings is 1. The monoisotopic (exact) mass is 471 g/mol. The topological polar surface area (TPSA) is 114 Å². The van der Waals surface area contributed by atoms with E-state index in [-0.39, 0.29) is 5.41 Å². The van der Waals surface area contributed by atoms with E-state index in [9.17, 15) is 10.1 Å². The van der Waals surface area contributed by atoms with Crippen molar-refractivity contribution in [3.05, 3.63) is 45.2 Å². The number of fused-ring (bicyclic) bond motifs is 1. The minimum absolute atomic E-state index is 0.233. The van der Waals surface area contributed by atoms with Gasteiger partial charge in [0.2, 0.25) is 5.95 Å². The first kappa shape index (κ1) is 20.4. The molecule has 1 saturated heterocycles. The Labute approximate surface area is 183 Å². The lowest BCUT2D eigenvalue weighted by Crippen LogP contribution is -2.44. The summed E-state index contributed by atoms with van der Waals surface area (Å²) in [6.07, 6.45) is 1.18. The molecule has 1 spiro atoms. The molecule has 2 heterocycles. The smallest absolute Gasteiger partial charge is 0.405 e. The van der Waals surface area contributed by atoms with Crippen molar-refractivity contribution in [1.29, 1.82) is 5.26 Å². The van der Waals surface area contributed by atoms with Crippen LogP contribution in [-0.2, 0) is 11.2 Å². The van der Waals surface area contributed by atoms with Gasteiger partial charge in [0, 0.05) is 18.5 Å². The van der Waals surface area contributed by atoms with E-state index in [2.05, 4.69) is 36.9 Å². The van der Waals surface area contributed by atoms with Crippen molar-refractivity contribution in [2.75, 3.05) is 25.1 Å². The normalized spacial score (nSPS) is 19.3. The number of methoxy groups -OCH3 is 1. The minimum atomic E-state index is -0.775. The number of amides is 1. The molecule has 1 fully saturated rings. The van der Waals surface area contributed by atoms with E-state index in [1.165, 1.54) is 0 Å². The van der Waals surface area contributed by atoms with Crippen molar-refractivity contribution in [1.82, 2.24) is 9.97 Å². The van der Waals surface area contributed by atoms with Crippen molar-refractivity contribution in [2.24, 2.45) is 11.1 Å². The number of aryl methyl sites for hydroxylation is 1. The number of ether oxygens (including phenoxy) is 2. The van der Waals surface area contributed by atoms with Crippen LogP contribution in [0.3, 0.4) is 0 Å². The molecular weight excluding hydrogens is 450 g/mol. The third-order valence-corrected chi connectivity index (χ3v) is 7.07. The van der Waals surface area contributed by atoms with Crippen LogP contribution in [-0.4, -0.2) is 36.3 Å². The molecule has 2 aliphatic rings. The van der Waals surface area contributed by atoms with Crippen LogP contribution in [0.15, 0.2) is 22.7 Å². The Kier molecular flexibility index (Phi) is 5.28. The lowest BCUT2D eigenvalue weighted by Gasteiger charge is -2.42. The maximum atomic E-state index is 11.7. The van der Waals surface area contributed by atoms with Crippen LogP contribution < -0.4 is 15.4 Å².